The molecule has 0 spiro atoms. The van der Waals surface area contributed by atoms with E-state index in [0.29, 0.717) is 18.8 Å². The first kappa shape index (κ1) is 16.0. The number of rotatable bonds is 6. The lowest BCUT2D eigenvalue weighted by Gasteiger charge is -2.24. The summed E-state index contributed by atoms with van der Waals surface area (Å²) >= 11 is 0. The summed E-state index contributed by atoms with van der Waals surface area (Å²) in [5.74, 6) is -0.514. The summed E-state index contributed by atoms with van der Waals surface area (Å²) in [6, 6.07) is 7.28. The highest BCUT2D eigenvalue weighted by Crippen LogP contribution is 2.20. The smallest absolute Gasteiger partial charge is 0.239 e. The Hall–Kier alpha value is -2.04. The molecule has 0 saturated carbocycles. The zero-order chi connectivity index (χ0) is 15.1. The van der Waals surface area contributed by atoms with E-state index in [-0.39, 0.29) is 24.3 Å². The SMILES string of the molecule is CCNC(=O)CN(CC)C(=O)C(C)c1cccc(N)c1. The Bertz CT molecular complexity index is 474. The Labute approximate surface area is 120 Å². The molecular weight excluding hydrogens is 254 g/mol. The van der Waals surface area contributed by atoms with Crippen LogP contribution in [0.2, 0.25) is 0 Å². The van der Waals surface area contributed by atoms with Gasteiger partial charge in [-0.2, -0.15) is 0 Å². The second-order valence-corrected chi connectivity index (χ2v) is 4.70. The summed E-state index contributed by atoms with van der Waals surface area (Å²) in [6.45, 7) is 6.71. The molecule has 1 unspecified atom stereocenters. The molecule has 0 aromatic heterocycles. The van der Waals surface area contributed by atoms with E-state index in [2.05, 4.69) is 5.32 Å². The average Bonchev–Trinajstić information content (AvgIpc) is 2.43. The third-order valence-corrected chi connectivity index (χ3v) is 3.18. The first-order valence-electron chi connectivity index (χ1n) is 6.90. The molecule has 1 aromatic rings. The van der Waals surface area contributed by atoms with Crippen LogP contribution in [0.1, 0.15) is 32.3 Å². The molecule has 3 N–H and O–H groups in total. The number of amides is 2. The fraction of sp³-hybridized carbons (Fsp3) is 0.467. The molecule has 2 amide bonds. The summed E-state index contributed by atoms with van der Waals surface area (Å²) in [7, 11) is 0. The molecule has 0 heterocycles. The van der Waals surface area contributed by atoms with Crippen molar-refractivity contribution in [2.75, 3.05) is 25.4 Å². The number of nitrogens with two attached hydrogens (primary N) is 1. The minimum Gasteiger partial charge on any atom is -0.399 e. The molecular formula is C15H23N3O2. The fourth-order valence-electron chi connectivity index (χ4n) is 2.02. The Morgan fingerprint density at radius 2 is 2.05 bits per heavy atom. The quantitative estimate of drug-likeness (QED) is 0.771. The van der Waals surface area contributed by atoms with Crippen molar-refractivity contribution >= 4 is 17.5 Å². The van der Waals surface area contributed by atoms with Gasteiger partial charge in [0.15, 0.2) is 0 Å². The monoisotopic (exact) mass is 277 g/mol. The number of likely N-dealkylation sites (N-methyl/N-ethyl adjacent to an activating group) is 2. The number of hydrogen-bond donors (Lipinski definition) is 2. The fourth-order valence-corrected chi connectivity index (χ4v) is 2.02. The first-order chi connectivity index (χ1) is 9.49. The maximum atomic E-state index is 12.4. The Morgan fingerprint density at radius 1 is 1.35 bits per heavy atom. The number of carbonyl (C=O) groups is 2. The zero-order valence-electron chi connectivity index (χ0n) is 12.3. The lowest BCUT2D eigenvalue weighted by atomic mass is 9.99. The summed E-state index contributed by atoms with van der Waals surface area (Å²) in [5.41, 5.74) is 7.23. The van der Waals surface area contributed by atoms with Crippen LogP contribution in [0.15, 0.2) is 24.3 Å². The molecule has 0 radical (unpaired) electrons. The maximum Gasteiger partial charge on any atom is 0.239 e. The molecule has 0 bridgehead atoms. The minimum atomic E-state index is -0.312. The van der Waals surface area contributed by atoms with Gasteiger partial charge in [-0.1, -0.05) is 12.1 Å². The number of hydrogen-bond acceptors (Lipinski definition) is 3. The molecule has 1 atom stereocenters. The van der Waals surface area contributed by atoms with Gasteiger partial charge in [0.25, 0.3) is 0 Å². The van der Waals surface area contributed by atoms with Gasteiger partial charge >= 0.3 is 0 Å². The third kappa shape index (κ3) is 4.26. The zero-order valence-corrected chi connectivity index (χ0v) is 12.3. The molecule has 1 aromatic carbocycles. The van der Waals surface area contributed by atoms with Crippen LogP contribution >= 0.6 is 0 Å². The van der Waals surface area contributed by atoms with E-state index >= 15 is 0 Å². The minimum absolute atomic E-state index is 0.0654. The molecule has 5 heteroatoms. The number of benzene rings is 1. The van der Waals surface area contributed by atoms with Crippen molar-refractivity contribution in [3.05, 3.63) is 29.8 Å². The van der Waals surface area contributed by atoms with E-state index in [1.807, 2.05) is 32.9 Å². The number of nitrogen functional groups attached to an aromatic ring is 1. The average molecular weight is 277 g/mol. The van der Waals surface area contributed by atoms with Crippen LogP contribution in [-0.4, -0.2) is 36.3 Å². The summed E-state index contributed by atoms with van der Waals surface area (Å²) in [4.78, 5) is 25.6. The molecule has 0 aliphatic heterocycles. The number of carbonyl (C=O) groups excluding carboxylic acids is 2. The van der Waals surface area contributed by atoms with Crippen molar-refractivity contribution in [1.29, 1.82) is 0 Å². The number of anilines is 1. The summed E-state index contributed by atoms with van der Waals surface area (Å²) < 4.78 is 0. The van der Waals surface area contributed by atoms with E-state index in [0.717, 1.165) is 5.56 Å². The van der Waals surface area contributed by atoms with Gasteiger partial charge in [-0.15, -0.1) is 0 Å². The lowest BCUT2D eigenvalue weighted by molar-refractivity contribution is -0.136. The summed E-state index contributed by atoms with van der Waals surface area (Å²) in [6.07, 6.45) is 0. The van der Waals surface area contributed by atoms with E-state index in [9.17, 15) is 9.59 Å². The molecule has 0 aliphatic rings. The van der Waals surface area contributed by atoms with Crippen LogP contribution in [0.4, 0.5) is 5.69 Å². The third-order valence-electron chi connectivity index (χ3n) is 3.18. The Balaban J connectivity index is 2.77. The van der Waals surface area contributed by atoms with Crippen molar-refractivity contribution in [1.82, 2.24) is 10.2 Å². The van der Waals surface area contributed by atoms with Gasteiger partial charge in [0.05, 0.1) is 12.5 Å². The number of nitrogens with zero attached hydrogens (tertiary/aromatic N) is 1. The van der Waals surface area contributed by atoms with E-state index in [4.69, 9.17) is 5.73 Å². The van der Waals surface area contributed by atoms with Crippen molar-refractivity contribution in [3.8, 4) is 0 Å². The largest absolute Gasteiger partial charge is 0.399 e. The molecule has 0 fully saturated rings. The van der Waals surface area contributed by atoms with E-state index in [1.165, 1.54) is 0 Å². The normalized spacial score (nSPS) is 11.8. The van der Waals surface area contributed by atoms with Gasteiger partial charge in [-0.25, -0.2) is 0 Å². The van der Waals surface area contributed by atoms with Gasteiger partial charge in [0.2, 0.25) is 11.8 Å². The Morgan fingerprint density at radius 3 is 2.60 bits per heavy atom. The number of nitrogens with one attached hydrogen (secondary N) is 1. The van der Waals surface area contributed by atoms with Crippen LogP contribution in [0, 0.1) is 0 Å². The van der Waals surface area contributed by atoms with Gasteiger partial charge < -0.3 is 16.0 Å². The van der Waals surface area contributed by atoms with Gasteiger partial charge in [0.1, 0.15) is 0 Å². The standard InChI is InChI=1S/C15H23N3O2/c1-4-17-14(19)10-18(5-2)15(20)11(3)12-7-6-8-13(16)9-12/h6-9,11H,4-5,10,16H2,1-3H3,(H,17,19). The predicted octanol–water partition coefficient (Wildman–Crippen LogP) is 1.36. The summed E-state index contributed by atoms with van der Waals surface area (Å²) in [5, 5.41) is 2.70. The maximum absolute atomic E-state index is 12.4. The highest BCUT2D eigenvalue weighted by Gasteiger charge is 2.22. The molecule has 110 valence electrons. The van der Waals surface area contributed by atoms with Crippen LogP contribution in [-0.2, 0) is 9.59 Å². The van der Waals surface area contributed by atoms with Crippen LogP contribution < -0.4 is 11.1 Å². The molecule has 1 rings (SSSR count). The van der Waals surface area contributed by atoms with Crippen molar-refractivity contribution < 1.29 is 9.59 Å². The van der Waals surface area contributed by atoms with E-state index in [1.54, 1.807) is 17.0 Å². The van der Waals surface area contributed by atoms with E-state index < -0.39 is 0 Å². The van der Waals surface area contributed by atoms with Gasteiger partial charge in [-0.3, -0.25) is 9.59 Å². The second kappa shape index (κ2) is 7.53. The van der Waals surface area contributed by atoms with Crippen LogP contribution in [0.25, 0.3) is 0 Å². The molecule has 0 aliphatic carbocycles. The topological polar surface area (TPSA) is 75.4 Å². The molecule has 20 heavy (non-hydrogen) atoms. The van der Waals surface area contributed by atoms with Gasteiger partial charge in [-0.05, 0) is 38.5 Å². The molecule has 0 saturated heterocycles. The van der Waals surface area contributed by atoms with Crippen LogP contribution in [0.5, 0.6) is 0 Å². The van der Waals surface area contributed by atoms with Crippen molar-refractivity contribution in [3.63, 3.8) is 0 Å². The first-order valence-corrected chi connectivity index (χ1v) is 6.90. The van der Waals surface area contributed by atoms with Crippen LogP contribution in [0.3, 0.4) is 0 Å². The predicted molar refractivity (Wildman–Crippen MR) is 80.2 cm³/mol. The van der Waals surface area contributed by atoms with Crippen molar-refractivity contribution in [2.45, 2.75) is 26.7 Å². The Kier molecular flexibility index (Phi) is 6.03. The highest BCUT2D eigenvalue weighted by molar-refractivity contribution is 5.88. The van der Waals surface area contributed by atoms with Gasteiger partial charge in [0, 0.05) is 18.8 Å². The van der Waals surface area contributed by atoms with Crippen molar-refractivity contribution in [2.24, 2.45) is 0 Å². The lowest BCUT2D eigenvalue weighted by Crippen LogP contribution is -2.42. The highest BCUT2D eigenvalue weighted by atomic mass is 16.2. The second-order valence-electron chi connectivity index (χ2n) is 4.70. The molecule has 5 nitrogen and oxygen atoms in total.